The average molecular weight is 377 g/mol. The van der Waals surface area contributed by atoms with Crippen LogP contribution in [0.3, 0.4) is 0 Å². The van der Waals surface area contributed by atoms with Crippen LogP contribution in [0.15, 0.2) is 12.1 Å². The highest BCUT2D eigenvalue weighted by molar-refractivity contribution is 6.01. The van der Waals surface area contributed by atoms with Crippen LogP contribution in [0, 0.1) is 0 Å². The Balaban J connectivity index is 1.79. The van der Waals surface area contributed by atoms with Crippen LogP contribution in [-0.2, 0) is 4.74 Å². The molecule has 7 heteroatoms. The average Bonchev–Trinajstić information content (AvgIpc) is 2.59. The van der Waals surface area contributed by atoms with E-state index in [1.165, 1.54) is 7.11 Å². The minimum Gasteiger partial charge on any atom is -0.493 e. The lowest BCUT2D eigenvalue weighted by Gasteiger charge is -2.44. The zero-order chi connectivity index (χ0) is 19.8. The maximum atomic E-state index is 12.7. The molecular weight excluding hydrogens is 350 g/mol. The van der Waals surface area contributed by atoms with Crippen molar-refractivity contribution < 1.29 is 28.5 Å². The van der Waals surface area contributed by atoms with E-state index in [1.807, 2.05) is 20.8 Å². The molecule has 0 radical (unpaired) electrons. The molecule has 1 fully saturated rings. The summed E-state index contributed by atoms with van der Waals surface area (Å²) in [6, 6.07) is 3.42. The van der Waals surface area contributed by atoms with Gasteiger partial charge in [-0.1, -0.05) is 0 Å². The number of rotatable bonds is 2. The van der Waals surface area contributed by atoms with Gasteiger partial charge in [-0.2, -0.15) is 0 Å². The predicted molar refractivity (Wildman–Crippen MR) is 98.9 cm³/mol. The number of piperidine rings is 1. The first kappa shape index (κ1) is 19.3. The number of likely N-dealkylation sites (tertiary alicyclic amines) is 1. The van der Waals surface area contributed by atoms with E-state index in [1.54, 1.807) is 24.1 Å². The van der Waals surface area contributed by atoms with Crippen molar-refractivity contribution in [2.75, 3.05) is 27.3 Å². The Hall–Kier alpha value is -2.44. The molecule has 27 heavy (non-hydrogen) atoms. The molecule has 1 aromatic carbocycles. The number of nitrogens with zero attached hydrogens (tertiary/aromatic N) is 1. The number of ketones is 1. The van der Waals surface area contributed by atoms with Gasteiger partial charge in [-0.25, -0.2) is 4.79 Å². The number of methoxy groups -OCH3 is 2. The fourth-order valence-corrected chi connectivity index (χ4v) is 3.56. The number of Topliss-reactive ketones (excluding diaryl/α,β-unsaturated/α-hetero) is 1. The van der Waals surface area contributed by atoms with Crippen molar-refractivity contribution >= 4 is 11.9 Å². The van der Waals surface area contributed by atoms with Crippen LogP contribution in [0.2, 0.25) is 0 Å². The third kappa shape index (κ3) is 3.82. The molecule has 2 aliphatic heterocycles. The number of benzene rings is 1. The minimum absolute atomic E-state index is 0.0166. The van der Waals surface area contributed by atoms with E-state index >= 15 is 0 Å². The number of carbonyl (C=O) groups excluding carboxylic acids is 2. The number of ether oxygens (including phenoxy) is 4. The molecule has 148 valence electrons. The first-order valence-electron chi connectivity index (χ1n) is 9.13. The molecule has 0 bridgehead atoms. The first-order valence-corrected chi connectivity index (χ1v) is 9.13. The Morgan fingerprint density at radius 2 is 1.81 bits per heavy atom. The lowest BCUT2D eigenvalue weighted by atomic mass is 9.82. The number of carbonyl (C=O) groups is 2. The topological polar surface area (TPSA) is 74.3 Å². The Kier molecular flexibility index (Phi) is 4.97. The van der Waals surface area contributed by atoms with Crippen molar-refractivity contribution in [3.63, 3.8) is 0 Å². The van der Waals surface area contributed by atoms with Crippen LogP contribution in [0.5, 0.6) is 17.2 Å². The fraction of sp³-hybridized carbons (Fsp3) is 0.600. The normalized spacial score (nSPS) is 18.6. The van der Waals surface area contributed by atoms with Gasteiger partial charge in [-0.05, 0) is 32.9 Å². The highest BCUT2D eigenvalue weighted by Crippen LogP contribution is 2.47. The summed E-state index contributed by atoms with van der Waals surface area (Å²) < 4.78 is 22.5. The third-order valence-corrected chi connectivity index (χ3v) is 4.93. The van der Waals surface area contributed by atoms with E-state index in [2.05, 4.69) is 0 Å². The van der Waals surface area contributed by atoms with Gasteiger partial charge >= 0.3 is 6.09 Å². The van der Waals surface area contributed by atoms with E-state index in [0.717, 1.165) is 0 Å². The summed E-state index contributed by atoms with van der Waals surface area (Å²) in [5.41, 5.74) is -0.665. The number of fused-ring (bicyclic) bond motifs is 1. The smallest absolute Gasteiger partial charge is 0.410 e. The van der Waals surface area contributed by atoms with Gasteiger partial charge in [0.25, 0.3) is 0 Å². The molecule has 2 aliphatic rings. The molecule has 1 spiro atoms. The molecule has 0 atom stereocenters. The minimum atomic E-state index is -0.637. The second kappa shape index (κ2) is 6.94. The van der Waals surface area contributed by atoms with E-state index in [-0.39, 0.29) is 18.3 Å². The first-order chi connectivity index (χ1) is 12.7. The molecule has 0 N–H and O–H groups in total. The van der Waals surface area contributed by atoms with Gasteiger partial charge in [0.05, 0.1) is 26.2 Å². The molecule has 0 unspecified atom stereocenters. The Bertz CT molecular complexity index is 744. The second-order valence-electron chi connectivity index (χ2n) is 8.03. The van der Waals surface area contributed by atoms with Crippen LogP contribution < -0.4 is 14.2 Å². The highest BCUT2D eigenvalue weighted by Gasteiger charge is 2.45. The standard InChI is InChI=1S/C20H27NO6/c1-19(2,3)27-18(23)21-10-8-20(9-11-21)12-14(22)13-6-7-15(24-4)17(25-5)16(13)26-20/h6-7H,8-12H2,1-5H3. The zero-order valence-electron chi connectivity index (χ0n) is 16.6. The van der Waals surface area contributed by atoms with Gasteiger partial charge < -0.3 is 23.8 Å². The van der Waals surface area contributed by atoms with Crippen molar-refractivity contribution in [3.05, 3.63) is 17.7 Å². The maximum absolute atomic E-state index is 12.7. The molecule has 1 amide bonds. The summed E-state index contributed by atoms with van der Waals surface area (Å²) in [6.07, 6.45) is 1.06. The molecule has 2 heterocycles. The van der Waals surface area contributed by atoms with Crippen molar-refractivity contribution in [2.24, 2.45) is 0 Å². The maximum Gasteiger partial charge on any atom is 0.410 e. The molecule has 0 aliphatic carbocycles. The summed E-state index contributed by atoms with van der Waals surface area (Å²) in [5, 5.41) is 0. The lowest BCUT2D eigenvalue weighted by molar-refractivity contribution is -0.0237. The predicted octanol–water partition coefficient (Wildman–Crippen LogP) is 3.44. The van der Waals surface area contributed by atoms with Crippen molar-refractivity contribution in [1.82, 2.24) is 4.90 Å². The largest absolute Gasteiger partial charge is 0.493 e. The summed E-state index contributed by atoms with van der Waals surface area (Å²) >= 11 is 0. The Labute approximate surface area is 159 Å². The molecule has 1 aromatic rings. The van der Waals surface area contributed by atoms with E-state index in [0.29, 0.717) is 48.7 Å². The molecule has 0 aromatic heterocycles. The molecule has 3 rings (SSSR count). The molecule has 7 nitrogen and oxygen atoms in total. The van der Waals surface area contributed by atoms with Crippen LogP contribution in [-0.4, -0.2) is 55.3 Å². The summed E-state index contributed by atoms with van der Waals surface area (Å²) in [6.45, 7) is 6.48. The van der Waals surface area contributed by atoms with Gasteiger partial charge in [-0.15, -0.1) is 0 Å². The summed E-state index contributed by atoms with van der Waals surface area (Å²) in [5.74, 6) is 1.39. The molecule has 1 saturated heterocycles. The van der Waals surface area contributed by atoms with E-state index in [4.69, 9.17) is 18.9 Å². The number of hydrogen-bond acceptors (Lipinski definition) is 6. The zero-order valence-corrected chi connectivity index (χ0v) is 16.6. The van der Waals surface area contributed by atoms with Crippen LogP contribution in [0.25, 0.3) is 0 Å². The van der Waals surface area contributed by atoms with Gasteiger partial charge in [0.1, 0.15) is 11.2 Å². The highest BCUT2D eigenvalue weighted by atomic mass is 16.6. The summed E-state index contributed by atoms with van der Waals surface area (Å²) in [4.78, 5) is 26.7. The fourth-order valence-electron chi connectivity index (χ4n) is 3.56. The van der Waals surface area contributed by atoms with Gasteiger partial charge in [0.15, 0.2) is 17.3 Å². The van der Waals surface area contributed by atoms with E-state index in [9.17, 15) is 9.59 Å². The van der Waals surface area contributed by atoms with Crippen molar-refractivity contribution in [3.8, 4) is 17.2 Å². The van der Waals surface area contributed by atoms with Gasteiger partial charge in [0.2, 0.25) is 5.75 Å². The van der Waals surface area contributed by atoms with E-state index < -0.39 is 11.2 Å². The second-order valence-corrected chi connectivity index (χ2v) is 8.03. The summed E-state index contributed by atoms with van der Waals surface area (Å²) in [7, 11) is 3.07. The van der Waals surface area contributed by atoms with Crippen LogP contribution in [0.1, 0.15) is 50.4 Å². The van der Waals surface area contributed by atoms with Crippen LogP contribution >= 0.6 is 0 Å². The van der Waals surface area contributed by atoms with Gasteiger partial charge in [-0.3, -0.25) is 4.79 Å². The molecular formula is C20H27NO6. The number of hydrogen-bond donors (Lipinski definition) is 0. The monoisotopic (exact) mass is 377 g/mol. The van der Waals surface area contributed by atoms with Crippen molar-refractivity contribution in [2.45, 2.75) is 51.2 Å². The van der Waals surface area contributed by atoms with Crippen LogP contribution in [0.4, 0.5) is 4.79 Å². The molecule has 0 saturated carbocycles. The third-order valence-electron chi connectivity index (χ3n) is 4.93. The lowest BCUT2D eigenvalue weighted by Crippen LogP contribution is -2.53. The SMILES string of the molecule is COc1ccc2c(c1OC)OC1(CCN(C(=O)OC(C)(C)C)CC1)CC2=O. The quantitative estimate of drug-likeness (QED) is 0.786. The van der Waals surface area contributed by atoms with Gasteiger partial charge in [0, 0.05) is 25.9 Å². The Morgan fingerprint density at radius 1 is 1.15 bits per heavy atom. The van der Waals surface area contributed by atoms with Crippen molar-refractivity contribution in [1.29, 1.82) is 0 Å². The Morgan fingerprint density at radius 3 is 2.37 bits per heavy atom. The number of amides is 1.